The fourth-order valence-electron chi connectivity index (χ4n) is 1.90. The Bertz CT molecular complexity index is 624. The molecule has 1 nitrogen and oxygen atoms in total. The number of benzene rings is 2. The Balaban J connectivity index is 2.14. The van der Waals surface area contributed by atoms with Gasteiger partial charge < -0.3 is 0 Å². The van der Waals surface area contributed by atoms with Crippen LogP contribution < -0.4 is 0 Å². The number of ketones is 1. The molecule has 0 aromatic heterocycles. The highest BCUT2D eigenvalue weighted by molar-refractivity contribution is 6.06. The highest BCUT2D eigenvalue weighted by Crippen LogP contribution is 2.15. The molecule has 0 aliphatic rings. The van der Waals surface area contributed by atoms with Crippen LogP contribution >= 0.6 is 0 Å². The lowest BCUT2D eigenvalue weighted by atomic mass is 10.0. The molecule has 0 unspecified atom stereocenters. The van der Waals surface area contributed by atoms with E-state index in [1.54, 1.807) is 18.2 Å². The molecule has 0 N–H and O–H groups in total. The zero-order valence-corrected chi connectivity index (χ0v) is 11.6. The molecular weight excluding hydrogens is 251 g/mol. The smallest absolute Gasteiger partial charge is 0.185 e. The van der Waals surface area contributed by atoms with E-state index in [2.05, 4.69) is 13.8 Å². The summed E-state index contributed by atoms with van der Waals surface area (Å²) in [7, 11) is 0. The maximum atomic E-state index is 13.4. The summed E-state index contributed by atoms with van der Waals surface area (Å²) < 4.78 is 13.4. The minimum Gasteiger partial charge on any atom is -0.289 e. The van der Waals surface area contributed by atoms with Crippen molar-refractivity contribution in [3.63, 3.8) is 0 Å². The molecule has 0 spiro atoms. The minimum absolute atomic E-state index is 0.122. The fraction of sp³-hybridized carbons (Fsp3) is 0.167. The first-order valence-electron chi connectivity index (χ1n) is 6.65. The third-order valence-electron chi connectivity index (χ3n) is 3.18. The van der Waals surface area contributed by atoms with E-state index in [0.717, 1.165) is 0 Å². The van der Waals surface area contributed by atoms with Crippen LogP contribution in [-0.2, 0) is 0 Å². The summed E-state index contributed by atoms with van der Waals surface area (Å²) in [5.41, 5.74) is 2.22. The predicted molar refractivity (Wildman–Crippen MR) is 80.3 cm³/mol. The van der Waals surface area contributed by atoms with Gasteiger partial charge in [0.05, 0.1) is 0 Å². The molecule has 0 aliphatic carbocycles. The lowest BCUT2D eigenvalue weighted by molar-refractivity contribution is 0.104. The van der Waals surface area contributed by atoms with Crippen LogP contribution in [0.3, 0.4) is 0 Å². The fourth-order valence-corrected chi connectivity index (χ4v) is 1.90. The monoisotopic (exact) mass is 268 g/mol. The van der Waals surface area contributed by atoms with Crippen molar-refractivity contribution in [2.75, 3.05) is 0 Å². The average Bonchev–Trinajstić information content (AvgIpc) is 2.46. The van der Waals surface area contributed by atoms with Gasteiger partial charge in [-0.25, -0.2) is 4.39 Å². The van der Waals surface area contributed by atoms with Crippen LogP contribution in [0.15, 0.2) is 54.6 Å². The summed E-state index contributed by atoms with van der Waals surface area (Å²) in [5, 5.41) is 0. The summed E-state index contributed by atoms with van der Waals surface area (Å²) in [6.45, 7) is 4.21. The lowest BCUT2D eigenvalue weighted by Gasteiger charge is -2.05. The van der Waals surface area contributed by atoms with Gasteiger partial charge >= 0.3 is 0 Å². The Labute approximate surface area is 118 Å². The number of allylic oxidation sites excluding steroid dienone is 1. The van der Waals surface area contributed by atoms with Crippen molar-refractivity contribution in [1.82, 2.24) is 0 Å². The topological polar surface area (TPSA) is 17.1 Å². The molecule has 2 aromatic carbocycles. The summed E-state index contributed by atoms with van der Waals surface area (Å²) >= 11 is 0. The second-order valence-corrected chi connectivity index (χ2v) is 5.00. The van der Waals surface area contributed by atoms with E-state index in [9.17, 15) is 9.18 Å². The molecule has 0 saturated heterocycles. The van der Waals surface area contributed by atoms with E-state index in [0.29, 0.717) is 17.0 Å². The average molecular weight is 268 g/mol. The van der Waals surface area contributed by atoms with Crippen LogP contribution in [0.25, 0.3) is 6.08 Å². The molecule has 0 fully saturated rings. The van der Waals surface area contributed by atoms with Crippen LogP contribution in [0.4, 0.5) is 4.39 Å². The molecule has 0 heterocycles. The van der Waals surface area contributed by atoms with Gasteiger partial charge in [0, 0.05) is 11.1 Å². The van der Waals surface area contributed by atoms with Crippen LogP contribution in [-0.4, -0.2) is 5.78 Å². The summed E-state index contributed by atoms with van der Waals surface area (Å²) in [5.74, 6) is -0.0108. The third kappa shape index (κ3) is 3.41. The standard InChI is InChI=1S/C18H17FO/c1-13(2)14-7-9-16(10-8-14)18(20)12-11-15-5-3-4-6-17(15)19/h3-13H,1-2H3/b12-11+. The zero-order valence-electron chi connectivity index (χ0n) is 11.6. The van der Waals surface area contributed by atoms with E-state index in [-0.39, 0.29) is 11.6 Å². The van der Waals surface area contributed by atoms with Gasteiger partial charge in [-0.15, -0.1) is 0 Å². The van der Waals surface area contributed by atoms with Crippen LogP contribution in [0.5, 0.6) is 0 Å². The van der Waals surface area contributed by atoms with Gasteiger partial charge in [-0.05, 0) is 29.7 Å². The van der Waals surface area contributed by atoms with Crippen molar-refractivity contribution in [3.05, 3.63) is 77.1 Å². The van der Waals surface area contributed by atoms with E-state index < -0.39 is 0 Å². The highest BCUT2D eigenvalue weighted by Gasteiger charge is 2.04. The summed E-state index contributed by atoms with van der Waals surface area (Å²) in [6, 6.07) is 13.9. The first-order valence-corrected chi connectivity index (χ1v) is 6.65. The Kier molecular flexibility index (Phi) is 4.46. The Morgan fingerprint density at radius 2 is 1.70 bits per heavy atom. The SMILES string of the molecule is CC(C)c1ccc(C(=O)/C=C/c2ccccc2F)cc1. The number of halogens is 1. The maximum absolute atomic E-state index is 13.4. The van der Waals surface area contributed by atoms with Crippen LogP contribution in [0, 0.1) is 5.82 Å². The van der Waals surface area contributed by atoms with E-state index in [4.69, 9.17) is 0 Å². The number of hydrogen-bond donors (Lipinski definition) is 0. The Morgan fingerprint density at radius 3 is 2.30 bits per heavy atom. The highest BCUT2D eigenvalue weighted by atomic mass is 19.1. The van der Waals surface area contributed by atoms with Gasteiger partial charge in [0.1, 0.15) is 5.82 Å². The molecule has 0 atom stereocenters. The van der Waals surface area contributed by atoms with Crippen molar-refractivity contribution in [3.8, 4) is 0 Å². The normalized spacial score (nSPS) is 11.2. The first kappa shape index (κ1) is 14.2. The summed E-state index contributed by atoms with van der Waals surface area (Å²) in [4.78, 5) is 12.0. The molecule has 2 aromatic rings. The van der Waals surface area contributed by atoms with Gasteiger partial charge in [-0.3, -0.25) is 4.79 Å². The zero-order chi connectivity index (χ0) is 14.5. The molecule has 0 radical (unpaired) electrons. The second kappa shape index (κ2) is 6.29. The Hall–Kier alpha value is -2.22. The number of carbonyl (C=O) groups is 1. The second-order valence-electron chi connectivity index (χ2n) is 5.00. The first-order chi connectivity index (χ1) is 9.58. The lowest BCUT2D eigenvalue weighted by Crippen LogP contribution is -1.95. The van der Waals surface area contributed by atoms with Gasteiger partial charge in [-0.1, -0.05) is 56.3 Å². The van der Waals surface area contributed by atoms with Crippen molar-refractivity contribution in [1.29, 1.82) is 0 Å². The van der Waals surface area contributed by atoms with Crippen LogP contribution in [0.1, 0.15) is 41.3 Å². The van der Waals surface area contributed by atoms with Crippen molar-refractivity contribution in [2.45, 2.75) is 19.8 Å². The van der Waals surface area contributed by atoms with Crippen molar-refractivity contribution >= 4 is 11.9 Å². The number of carbonyl (C=O) groups excluding carboxylic acids is 1. The molecule has 2 rings (SSSR count). The number of rotatable bonds is 4. The summed E-state index contributed by atoms with van der Waals surface area (Å²) in [6.07, 6.45) is 2.91. The molecule has 0 amide bonds. The quantitative estimate of drug-likeness (QED) is 0.572. The molecule has 102 valence electrons. The predicted octanol–water partition coefficient (Wildman–Crippen LogP) is 4.85. The van der Waals surface area contributed by atoms with Gasteiger partial charge in [0.25, 0.3) is 0 Å². The maximum Gasteiger partial charge on any atom is 0.185 e. The minimum atomic E-state index is -0.327. The molecular formula is C18H17FO. The molecule has 0 saturated carbocycles. The van der Waals surface area contributed by atoms with Crippen molar-refractivity contribution in [2.24, 2.45) is 0 Å². The van der Waals surface area contributed by atoms with E-state index >= 15 is 0 Å². The Morgan fingerprint density at radius 1 is 1.05 bits per heavy atom. The van der Waals surface area contributed by atoms with E-state index in [1.165, 1.54) is 23.8 Å². The molecule has 0 bridgehead atoms. The van der Waals surface area contributed by atoms with Crippen molar-refractivity contribution < 1.29 is 9.18 Å². The largest absolute Gasteiger partial charge is 0.289 e. The van der Waals surface area contributed by atoms with Crippen LogP contribution in [0.2, 0.25) is 0 Å². The van der Waals surface area contributed by atoms with E-state index in [1.807, 2.05) is 24.3 Å². The van der Waals surface area contributed by atoms with Gasteiger partial charge in [-0.2, -0.15) is 0 Å². The van der Waals surface area contributed by atoms with Gasteiger partial charge in [0.2, 0.25) is 0 Å². The third-order valence-corrected chi connectivity index (χ3v) is 3.18. The molecule has 20 heavy (non-hydrogen) atoms. The number of hydrogen-bond acceptors (Lipinski definition) is 1. The van der Waals surface area contributed by atoms with Gasteiger partial charge in [0.15, 0.2) is 5.78 Å². The molecule has 2 heteroatoms. The molecule has 0 aliphatic heterocycles.